The highest BCUT2D eigenvalue weighted by Gasteiger charge is 2.31. The van der Waals surface area contributed by atoms with Crippen LogP contribution in [0.2, 0.25) is 0 Å². The summed E-state index contributed by atoms with van der Waals surface area (Å²) in [6, 6.07) is 15.2. The van der Waals surface area contributed by atoms with Gasteiger partial charge in [-0.25, -0.2) is 4.98 Å². The number of ether oxygens (including phenoxy) is 2. The Balaban J connectivity index is 0.00000353. The summed E-state index contributed by atoms with van der Waals surface area (Å²) >= 11 is 0. The van der Waals surface area contributed by atoms with Crippen LogP contribution in [-0.2, 0) is 25.7 Å². The van der Waals surface area contributed by atoms with Gasteiger partial charge in [0.05, 0.1) is 32.2 Å². The molecule has 0 spiro atoms. The largest absolute Gasteiger partial charge is 0.497 e. The highest BCUT2D eigenvalue weighted by molar-refractivity contribution is 5.98. The molecule has 1 fully saturated rings. The molecule has 3 aromatic rings. The van der Waals surface area contributed by atoms with Gasteiger partial charge in [0, 0.05) is 19.3 Å². The van der Waals surface area contributed by atoms with E-state index in [0.717, 1.165) is 24.0 Å². The third kappa shape index (κ3) is 10.5. The number of anilines is 1. The predicted molar refractivity (Wildman–Crippen MR) is 178 cm³/mol. The quantitative estimate of drug-likeness (QED) is 0.267. The van der Waals surface area contributed by atoms with E-state index in [1.807, 2.05) is 59.5 Å². The molecule has 2 atom stereocenters. The molecule has 0 saturated carbocycles. The van der Waals surface area contributed by atoms with Gasteiger partial charge >= 0.3 is 0 Å². The summed E-state index contributed by atoms with van der Waals surface area (Å²) in [7, 11) is 1.59. The molecule has 0 radical (unpaired) electrons. The van der Waals surface area contributed by atoms with Crippen molar-refractivity contribution in [2.45, 2.75) is 57.8 Å². The molecule has 2 heterocycles. The minimum atomic E-state index is -1.20. The Morgan fingerprint density at radius 2 is 1.69 bits per heavy atom. The number of nitrogens with one attached hydrogen (secondary N) is 2. The maximum Gasteiger partial charge on any atom is 0.250 e. The second kappa shape index (κ2) is 17.2. The van der Waals surface area contributed by atoms with Gasteiger partial charge in [-0.15, -0.1) is 24.8 Å². The van der Waals surface area contributed by atoms with E-state index in [2.05, 4.69) is 22.5 Å². The molecule has 2 aromatic carbocycles. The predicted octanol–water partition coefficient (Wildman–Crippen LogP) is 3.96. The molecule has 0 bridgehead atoms. The first-order valence-electron chi connectivity index (χ1n) is 14.5. The molecule has 1 aliphatic rings. The lowest BCUT2D eigenvalue weighted by Gasteiger charge is -2.33. The van der Waals surface area contributed by atoms with E-state index in [9.17, 15) is 14.4 Å². The number of halogens is 2. The van der Waals surface area contributed by atoms with Crippen LogP contribution in [0, 0.1) is 5.92 Å². The zero-order valence-electron chi connectivity index (χ0n) is 26.1. The average Bonchev–Trinajstić information content (AvgIpc) is 3.45. The SMILES string of the molecule is COc1ccc(C(C(=O)N2CCC(C)CC2)n2cnc(NC(=O)C(COCc3ccccc3)NC(=O)C(C)(C)N)c2)cc1.Cl.Cl. The molecule has 1 aliphatic heterocycles. The van der Waals surface area contributed by atoms with E-state index < -0.39 is 29.4 Å². The van der Waals surface area contributed by atoms with Crippen molar-refractivity contribution in [2.75, 3.05) is 32.1 Å². The van der Waals surface area contributed by atoms with Crippen molar-refractivity contribution in [3.8, 4) is 5.75 Å². The van der Waals surface area contributed by atoms with Gasteiger partial charge in [0.15, 0.2) is 5.82 Å². The summed E-state index contributed by atoms with van der Waals surface area (Å²) in [6.45, 7) is 6.88. The van der Waals surface area contributed by atoms with Gasteiger partial charge < -0.3 is 35.3 Å². The molecular formula is C32H44Cl2N6O5. The van der Waals surface area contributed by atoms with E-state index in [4.69, 9.17) is 15.2 Å². The van der Waals surface area contributed by atoms with Gasteiger partial charge in [-0.05, 0) is 55.9 Å². The normalized spacial score (nSPS) is 14.7. The summed E-state index contributed by atoms with van der Waals surface area (Å²) in [6.07, 6.45) is 5.04. The Morgan fingerprint density at radius 1 is 1.04 bits per heavy atom. The lowest BCUT2D eigenvalue weighted by atomic mass is 9.97. The number of hydrogen-bond acceptors (Lipinski definition) is 7. The number of hydrogen-bond donors (Lipinski definition) is 3. The van der Waals surface area contributed by atoms with Gasteiger partial charge in [0.1, 0.15) is 17.8 Å². The number of benzene rings is 2. The van der Waals surface area contributed by atoms with Crippen molar-refractivity contribution >= 4 is 48.4 Å². The number of carbonyl (C=O) groups excluding carboxylic acids is 3. The van der Waals surface area contributed by atoms with Crippen LogP contribution in [0.5, 0.6) is 5.75 Å². The van der Waals surface area contributed by atoms with Crippen molar-refractivity contribution in [1.29, 1.82) is 0 Å². The molecule has 11 nitrogen and oxygen atoms in total. The Kier molecular flexibility index (Phi) is 14.3. The van der Waals surface area contributed by atoms with Gasteiger partial charge in [0.2, 0.25) is 11.8 Å². The average molecular weight is 664 g/mol. The van der Waals surface area contributed by atoms with Crippen LogP contribution in [-0.4, -0.2) is 70.6 Å². The number of rotatable bonds is 12. The molecule has 4 rings (SSSR count). The van der Waals surface area contributed by atoms with Gasteiger partial charge in [-0.1, -0.05) is 49.4 Å². The summed E-state index contributed by atoms with van der Waals surface area (Å²) in [5.74, 6) is 0.433. The zero-order valence-corrected chi connectivity index (χ0v) is 27.7. The Morgan fingerprint density at radius 3 is 2.29 bits per heavy atom. The number of aromatic nitrogens is 2. The third-order valence-electron chi connectivity index (χ3n) is 7.51. The van der Waals surface area contributed by atoms with Crippen LogP contribution in [0.15, 0.2) is 67.1 Å². The van der Waals surface area contributed by atoms with Gasteiger partial charge in [0.25, 0.3) is 5.91 Å². The second-order valence-electron chi connectivity index (χ2n) is 11.6. The van der Waals surface area contributed by atoms with E-state index in [-0.39, 0.29) is 49.8 Å². The molecule has 2 unspecified atom stereocenters. The van der Waals surface area contributed by atoms with Crippen LogP contribution in [0.1, 0.15) is 50.8 Å². The summed E-state index contributed by atoms with van der Waals surface area (Å²) < 4.78 is 12.8. The number of piperidine rings is 1. The number of amides is 3. The first-order chi connectivity index (χ1) is 20.5. The zero-order chi connectivity index (χ0) is 31.0. The minimum absolute atomic E-state index is 0. The number of methoxy groups -OCH3 is 1. The maximum atomic E-state index is 13.8. The highest BCUT2D eigenvalue weighted by Crippen LogP contribution is 2.27. The fourth-order valence-electron chi connectivity index (χ4n) is 4.78. The number of nitrogens with two attached hydrogens (primary N) is 1. The summed E-state index contributed by atoms with van der Waals surface area (Å²) in [5.41, 5.74) is 6.47. The molecule has 45 heavy (non-hydrogen) atoms. The molecule has 0 aliphatic carbocycles. The fraction of sp³-hybridized carbons (Fsp3) is 0.438. The summed E-state index contributed by atoms with van der Waals surface area (Å²) in [4.78, 5) is 46.1. The molecule has 1 saturated heterocycles. The minimum Gasteiger partial charge on any atom is -0.497 e. The summed E-state index contributed by atoms with van der Waals surface area (Å²) in [5, 5.41) is 5.45. The molecule has 13 heteroatoms. The maximum absolute atomic E-state index is 13.8. The molecular weight excluding hydrogens is 619 g/mol. The number of carbonyl (C=O) groups is 3. The third-order valence-corrected chi connectivity index (χ3v) is 7.51. The Bertz CT molecular complexity index is 1370. The van der Waals surface area contributed by atoms with Crippen LogP contribution in [0.25, 0.3) is 0 Å². The molecule has 3 amide bonds. The van der Waals surface area contributed by atoms with E-state index >= 15 is 0 Å². The first kappa shape index (κ1) is 37.5. The number of imidazole rings is 1. The monoisotopic (exact) mass is 662 g/mol. The smallest absolute Gasteiger partial charge is 0.250 e. The Hall–Kier alpha value is -3.64. The number of likely N-dealkylation sites (tertiary alicyclic amines) is 1. The standard InChI is InChI=1S/C32H42N6O5.2ClH/c1-22-14-16-37(17-15-22)30(40)28(24-10-12-25(42-4)13-11-24)38-18-27(34-21-38)36-29(39)26(35-31(41)32(2,3)33)20-43-19-23-8-6-5-7-9-23;;/h5-13,18,21-22,26,28H,14-17,19-20,33H2,1-4H3,(H,35,41)(H,36,39);2*1H. The van der Waals surface area contributed by atoms with Crippen LogP contribution in [0.4, 0.5) is 5.82 Å². The van der Waals surface area contributed by atoms with E-state index in [1.165, 1.54) is 6.33 Å². The van der Waals surface area contributed by atoms with E-state index in [1.54, 1.807) is 31.7 Å². The van der Waals surface area contributed by atoms with Gasteiger partial charge in [-0.2, -0.15) is 0 Å². The topological polar surface area (TPSA) is 141 Å². The van der Waals surface area contributed by atoms with Gasteiger partial charge in [-0.3, -0.25) is 14.4 Å². The van der Waals surface area contributed by atoms with E-state index in [0.29, 0.717) is 24.8 Å². The van der Waals surface area contributed by atoms with Crippen LogP contribution >= 0.6 is 24.8 Å². The highest BCUT2D eigenvalue weighted by atomic mass is 35.5. The van der Waals surface area contributed by atoms with Crippen molar-refractivity contribution in [2.24, 2.45) is 11.7 Å². The lowest BCUT2D eigenvalue weighted by Crippen LogP contribution is -2.56. The second-order valence-corrected chi connectivity index (χ2v) is 11.6. The van der Waals surface area contributed by atoms with Crippen molar-refractivity contribution in [3.05, 3.63) is 78.2 Å². The fourth-order valence-corrected chi connectivity index (χ4v) is 4.78. The van der Waals surface area contributed by atoms with Crippen molar-refractivity contribution in [1.82, 2.24) is 19.8 Å². The van der Waals surface area contributed by atoms with Crippen LogP contribution < -0.4 is 21.1 Å². The molecule has 246 valence electrons. The Labute approximate surface area is 277 Å². The number of nitrogens with zero attached hydrogens (tertiary/aromatic N) is 3. The first-order valence-corrected chi connectivity index (χ1v) is 14.5. The van der Waals surface area contributed by atoms with Crippen molar-refractivity contribution in [3.63, 3.8) is 0 Å². The molecule has 4 N–H and O–H groups in total. The molecule has 1 aromatic heterocycles. The lowest BCUT2D eigenvalue weighted by molar-refractivity contribution is -0.135. The van der Waals surface area contributed by atoms with Crippen molar-refractivity contribution < 1.29 is 23.9 Å². The van der Waals surface area contributed by atoms with Crippen LogP contribution in [0.3, 0.4) is 0 Å².